The molecule has 0 radical (unpaired) electrons. The van der Waals surface area contributed by atoms with Gasteiger partial charge in [-0.15, -0.1) is 0 Å². The average Bonchev–Trinajstić information content (AvgIpc) is 2.47. The van der Waals surface area contributed by atoms with Gasteiger partial charge in [0.2, 0.25) is 0 Å². The Morgan fingerprint density at radius 2 is 1.91 bits per heavy atom. The first kappa shape index (κ1) is 18.2. The molecule has 0 heterocycles. The predicted octanol–water partition coefficient (Wildman–Crippen LogP) is 3.59. The van der Waals surface area contributed by atoms with Crippen molar-refractivity contribution in [3.63, 3.8) is 0 Å². The Morgan fingerprint density at radius 3 is 2.48 bits per heavy atom. The molecule has 0 saturated carbocycles. The molecule has 0 aromatic heterocycles. The van der Waals surface area contributed by atoms with Crippen molar-refractivity contribution in [3.8, 4) is 0 Å². The van der Waals surface area contributed by atoms with E-state index in [1.54, 1.807) is 19.1 Å². The summed E-state index contributed by atoms with van der Waals surface area (Å²) in [6, 6.07) is 6.56. The minimum absolute atomic E-state index is 0.0115. The molecule has 5 heteroatoms. The molecule has 2 rings (SSSR count). The van der Waals surface area contributed by atoms with Crippen molar-refractivity contribution in [1.29, 1.82) is 0 Å². The van der Waals surface area contributed by atoms with Crippen molar-refractivity contribution in [2.45, 2.75) is 57.0 Å². The van der Waals surface area contributed by atoms with Crippen LogP contribution in [-0.4, -0.2) is 25.7 Å². The van der Waals surface area contributed by atoms with Gasteiger partial charge in [-0.3, -0.25) is 4.18 Å². The van der Waals surface area contributed by atoms with Gasteiger partial charge in [-0.2, -0.15) is 8.42 Å². The molecular formula is C18H26O4S. The number of aliphatic hydroxyl groups is 1. The Labute approximate surface area is 139 Å². The summed E-state index contributed by atoms with van der Waals surface area (Å²) in [7, 11) is -3.76. The van der Waals surface area contributed by atoms with Gasteiger partial charge in [0.05, 0.1) is 17.1 Å². The van der Waals surface area contributed by atoms with Gasteiger partial charge in [-0.25, -0.2) is 0 Å². The molecule has 4 nitrogen and oxygen atoms in total. The summed E-state index contributed by atoms with van der Waals surface area (Å²) in [5, 5.41) is 10.6. The molecule has 1 N–H and O–H groups in total. The van der Waals surface area contributed by atoms with Crippen LogP contribution in [0.1, 0.15) is 45.1 Å². The second kappa shape index (κ2) is 7.16. The molecular weight excluding hydrogens is 312 g/mol. The molecule has 1 aromatic carbocycles. The maximum Gasteiger partial charge on any atom is 0.296 e. The first-order valence-electron chi connectivity index (χ1n) is 8.05. The average molecular weight is 338 g/mol. The van der Waals surface area contributed by atoms with Crippen molar-refractivity contribution in [2.24, 2.45) is 5.92 Å². The van der Waals surface area contributed by atoms with Gasteiger partial charge in [-0.05, 0) is 58.1 Å². The molecule has 0 amide bonds. The molecule has 0 unspecified atom stereocenters. The largest absolute Gasteiger partial charge is 0.390 e. The van der Waals surface area contributed by atoms with Gasteiger partial charge in [0.1, 0.15) is 0 Å². The molecule has 2 atom stereocenters. The normalized spacial score (nSPS) is 21.6. The van der Waals surface area contributed by atoms with Crippen LogP contribution in [0, 0.1) is 12.8 Å². The lowest BCUT2D eigenvalue weighted by Crippen LogP contribution is -2.37. The molecule has 1 aliphatic carbocycles. The molecule has 0 spiro atoms. The van der Waals surface area contributed by atoms with Crippen LogP contribution < -0.4 is 0 Å². The second-order valence-electron chi connectivity index (χ2n) is 6.72. The third kappa shape index (κ3) is 4.90. The highest BCUT2D eigenvalue weighted by atomic mass is 32.2. The van der Waals surface area contributed by atoms with E-state index in [-0.39, 0.29) is 17.4 Å². The molecule has 1 aliphatic rings. The number of rotatable bonds is 6. The van der Waals surface area contributed by atoms with Crippen molar-refractivity contribution < 1.29 is 17.7 Å². The van der Waals surface area contributed by atoms with E-state index < -0.39 is 15.7 Å². The number of hydrogen-bond acceptors (Lipinski definition) is 4. The number of allylic oxidation sites excluding steroid dienone is 2. The zero-order valence-corrected chi connectivity index (χ0v) is 14.9. The highest BCUT2D eigenvalue weighted by molar-refractivity contribution is 7.86. The van der Waals surface area contributed by atoms with Crippen molar-refractivity contribution >= 4 is 10.1 Å². The summed E-state index contributed by atoms with van der Waals surface area (Å²) >= 11 is 0. The van der Waals surface area contributed by atoms with Crippen LogP contribution in [0.2, 0.25) is 0 Å². The SMILES string of the molecule is CC1=CC[C@@H]([C@@](C)(O)CCOS(=O)(=O)c2ccc(C)cc2)CC1. The van der Waals surface area contributed by atoms with Gasteiger partial charge < -0.3 is 5.11 Å². The molecule has 0 bridgehead atoms. The van der Waals surface area contributed by atoms with Crippen LogP contribution in [0.3, 0.4) is 0 Å². The van der Waals surface area contributed by atoms with Crippen LogP contribution in [-0.2, 0) is 14.3 Å². The maximum atomic E-state index is 12.1. The van der Waals surface area contributed by atoms with Crippen LogP contribution in [0.5, 0.6) is 0 Å². The van der Waals surface area contributed by atoms with Crippen molar-refractivity contribution in [3.05, 3.63) is 41.5 Å². The topological polar surface area (TPSA) is 63.6 Å². The molecule has 0 fully saturated rings. The van der Waals surface area contributed by atoms with E-state index in [1.165, 1.54) is 17.7 Å². The second-order valence-corrected chi connectivity index (χ2v) is 8.33. The third-order valence-corrected chi connectivity index (χ3v) is 6.00. The zero-order valence-electron chi connectivity index (χ0n) is 14.1. The lowest BCUT2D eigenvalue weighted by molar-refractivity contribution is -0.0217. The monoisotopic (exact) mass is 338 g/mol. The highest BCUT2D eigenvalue weighted by Gasteiger charge is 2.32. The Hall–Kier alpha value is -1.17. The van der Waals surface area contributed by atoms with Gasteiger partial charge in [-0.1, -0.05) is 29.3 Å². The Kier molecular flexibility index (Phi) is 5.65. The third-order valence-electron chi connectivity index (χ3n) is 4.67. The van der Waals surface area contributed by atoms with E-state index in [0.717, 1.165) is 24.8 Å². The van der Waals surface area contributed by atoms with E-state index in [9.17, 15) is 13.5 Å². The fourth-order valence-corrected chi connectivity index (χ4v) is 3.77. The summed E-state index contributed by atoms with van der Waals surface area (Å²) in [5.74, 6) is 0.150. The molecule has 0 saturated heterocycles. The van der Waals surface area contributed by atoms with Crippen LogP contribution in [0.4, 0.5) is 0 Å². The van der Waals surface area contributed by atoms with Gasteiger partial charge in [0.25, 0.3) is 10.1 Å². The fraction of sp³-hybridized carbons (Fsp3) is 0.556. The number of aryl methyl sites for hydroxylation is 1. The zero-order chi connectivity index (χ0) is 17.1. The summed E-state index contributed by atoms with van der Waals surface area (Å²) in [6.07, 6.45) is 5.22. The summed E-state index contributed by atoms with van der Waals surface area (Å²) < 4.78 is 29.4. The predicted molar refractivity (Wildman–Crippen MR) is 90.7 cm³/mol. The van der Waals surface area contributed by atoms with Crippen LogP contribution >= 0.6 is 0 Å². The summed E-state index contributed by atoms with van der Waals surface area (Å²) in [4.78, 5) is 0.152. The smallest absolute Gasteiger partial charge is 0.296 e. The minimum Gasteiger partial charge on any atom is -0.390 e. The lowest BCUT2D eigenvalue weighted by atomic mass is 9.77. The van der Waals surface area contributed by atoms with Gasteiger partial charge >= 0.3 is 0 Å². The fourth-order valence-electron chi connectivity index (χ4n) is 2.87. The first-order chi connectivity index (χ1) is 10.7. The van der Waals surface area contributed by atoms with Gasteiger partial charge in [0.15, 0.2) is 0 Å². The Balaban J connectivity index is 1.91. The maximum absolute atomic E-state index is 12.1. The quantitative estimate of drug-likeness (QED) is 0.636. The van der Waals surface area contributed by atoms with E-state index in [0.29, 0.717) is 6.42 Å². The molecule has 128 valence electrons. The summed E-state index contributed by atoms with van der Waals surface area (Å²) in [5.41, 5.74) is 1.43. The van der Waals surface area contributed by atoms with E-state index in [2.05, 4.69) is 13.0 Å². The summed E-state index contributed by atoms with van der Waals surface area (Å²) in [6.45, 7) is 5.76. The highest BCUT2D eigenvalue weighted by Crippen LogP contribution is 2.34. The van der Waals surface area contributed by atoms with Crippen LogP contribution in [0.15, 0.2) is 40.8 Å². The Morgan fingerprint density at radius 1 is 1.26 bits per heavy atom. The minimum atomic E-state index is -3.76. The van der Waals surface area contributed by atoms with Crippen LogP contribution in [0.25, 0.3) is 0 Å². The molecule has 0 aliphatic heterocycles. The number of benzene rings is 1. The molecule has 23 heavy (non-hydrogen) atoms. The van der Waals surface area contributed by atoms with Crippen molar-refractivity contribution in [2.75, 3.05) is 6.61 Å². The molecule has 1 aromatic rings. The van der Waals surface area contributed by atoms with Gasteiger partial charge in [0, 0.05) is 6.42 Å². The number of hydrogen-bond donors (Lipinski definition) is 1. The van der Waals surface area contributed by atoms with Crippen molar-refractivity contribution in [1.82, 2.24) is 0 Å². The first-order valence-corrected chi connectivity index (χ1v) is 9.46. The Bertz CT molecular complexity index is 657. The standard InChI is InChI=1S/C18H26O4S/c1-14-4-8-16(9-5-14)18(3,19)12-13-22-23(20,21)17-10-6-15(2)7-11-17/h4,6-7,10-11,16,19H,5,8-9,12-13H2,1-3H3/t16-,18+/m1/s1. The lowest BCUT2D eigenvalue weighted by Gasteiger charge is -2.34. The van der Waals surface area contributed by atoms with E-state index in [1.807, 2.05) is 6.92 Å². The van der Waals surface area contributed by atoms with E-state index >= 15 is 0 Å². The van der Waals surface area contributed by atoms with E-state index in [4.69, 9.17) is 4.18 Å².